The first kappa shape index (κ1) is 14.2. The van der Waals surface area contributed by atoms with Gasteiger partial charge in [-0.05, 0) is 19.1 Å². The lowest BCUT2D eigenvalue weighted by Crippen LogP contribution is -2.52. The molecule has 1 aromatic carbocycles. The van der Waals surface area contributed by atoms with Gasteiger partial charge in [0.25, 0.3) is 0 Å². The minimum atomic E-state index is -3.56. The molecule has 7 heteroatoms. The van der Waals surface area contributed by atoms with Crippen LogP contribution in [0.4, 0.5) is 0 Å². The Morgan fingerprint density at radius 2 is 2.14 bits per heavy atom. The maximum Gasteiger partial charge on any atom is 0.244 e. The molecule has 3 rings (SSSR count). The van der Waals surface area contributed by atoms with Gasteiger partial charge in [0.15, 0.2) is 5.76 Å². The standard InChI is InChI=1S/C14H17N3O3S/c1-11-10-15-8-9-17(11)21(18,19)14-5-3-2-4-12(14)13-6-7-16-20-13/h2-7,11,15H,8-10H2,1H3/t11-/m1/s1. The van der Waals surface area contributed by atoms with Crippen LogP contribution < -0.4 is 5.32 Å². The van der Waals surface area contributed by atoms with Gasteiger partial charge in [0.05, 0.1) is 11.1 Å². The summed E-state index contributed by atoms with van der Waals surface area (Å²) >= 11 is 0. The number of aromatic nitrogens is 1. The van der Waals surface area contributed by atoms with Crippen molar-refractivity contribution in [1.82, 2.24) is 14.8 Å². The molecule has 1 aliphatic rings. The van der Waals surface area contributed by atoms with Crippen molar-refractivity contribution in [3.63, 3.8) is 0 Å². The molecule has 1 aliphatic heterocycles. The fraction of sp³-hybridized carbons (Fsp3) is 0.357. The van der Waals surface area contributed by atoms with Crippen molar-refractivity contribution in [3.8, 4) is 11.3 Å². The van der Waals surface area contributed by atoms with Crippen molar-refractivity contribution in [1.29, 1.82) is 0 Å². The van der Waals surface area contributed by atoms with Crippen LogP contribution in [0.3, 0.4) is 0 Å². The monoisotopic (exact) mass is 307 g/mol. The quantitative estimate of drug-likeness (QED) is 0.925. The predicted molar refractivity (Wildman–Crippen MR) is 78.2 cm³/mol. The summed E-state index contributed by atoms with van der Waals surface area (Å²) in [5.74, 6) is 0.456. The number of nitrogens with zero attached hydrogens (tertiary/aromatic N) is 2. The summed E-state index contributed by atoms with van der Waals surface area (Å²) in [5.41, 5.74) is 0.542. The van der Waals surface area contributed by atoms with Crippen molar-refractivity contribution in [2.45, 2.75) is 17.9 Å². The number of piperazine rings is 1. The minimum Gasteiger partial charge on any atom is -0.356 e. The number of hydrogen-bond donors (Lipinski definition) is 1. The Kier molecular flexibility index (Phi) is 3.79. The summed E-state index contributed by atoms with van der Waals surface area (Å²) in [6.07, 6.45) is 1.51. The molecule has 1 atom stereocenters. The molecule has 1 aromatic heterocycles. The predicted octanol–water partition coefficient (Wildman–Crippen LogP) is 1.32. The van der Waals surface area contributed by atoms with Crippen LogP contribution in [0.5, 0.6) is 0 Å². The van der Waals surface area contributed by atoms with Gasteiger partial charge in [-0.15, -0.1) is 0 Å². The van der Waals surface area contributed by atoms with Gasteiger partial charge >= 0.3 is 0 Å². The largest absolute Gasteiger partial charge is 0.356 e. The van der Waals surface area contributed by atoms with Gasteiger partial charge in [-0.2, -0.15) is 4.31 Å². The molecule has 0 spiro atoms. The molecule has 21 heavy (non-hydrogen) atoms. The molecule has 2 heterocycles. The van der Waals surface area contributed by atoms with Crippen molar-refractivity contribution in [2.24, 2.45) is 0 Å². The third-order valence-corrected chi connectivity index (χ3v) is 5.69. The first-order chi connectivity index (χ1) is 10.1. The van der Waals surface area contributed by atoms with Crippen LogP contribution in [-0.4, -0.2) is 43.6 Å². The second-order valence-electron chi connectivity index (χ2n) is 5.04. The molecule has 1 fully saturated rings. The summed E-state index contributed by atoms with van der Waals surface area (Å²) < 4.78 is 32.6. The molecule has 112 valence electrons. The Balaban J connectivity index is 2.07. The minimum absolute atomic E-state index is 0.0773. The Labute approximate surface area is 123 Å². The van der Waals surface area contributed by atoms with Crippen LogP contribution in [0, 0.1) is 0 Å². The fourth-order valence-corrected chi connectivity index (χ4v) is 4.39. The molecule has 0 amide bonds. The fourth-order valence-electron chi connectivity index (χ4n) is 2.56. The van der Waals surface area contributed by atoms with Gasteiger partial charge in [-0.25, -0.2) is 8.42 Å². The maximum atomic E-state index is 12.9. The Hall–Kier alpha value is -1.70. The van der Waals surface area contributed by atoms with Gasteiger partial charge < -0.3 is 9.84 Å². The van der Waals surface area contributed by atoms with Crippen molar-refractivity contribution in [3.05, 3.63) is 36.5 Å². The topological polar surface area (TPSA) is 75.4 Å². The van der Waals surface area contributed by atoms with Crippen molar-refractivity contribution < 1.29 is 12.9 Å². The number of sulfonamides is 1. The lowest BCUT2D eigenvalue weighted by molar-refractivity contribution is 0.284. The summed E-state index contributed by atoms with van der Waals surface area (Å²) in [7, 11) is -3.56. The van der Waals surface area contributed by atoms with E-state index in [0.29, 0.717) is 31.0 Å². The molecule has 0 unspecified atom stereocenters. The number of rotatable bonds is 3. The van der Waals surface area contributed by atoms with E-state index in [0.717, 1.165) is 0 Å². The van der Waals surface area contributed by atoms with Crippen LogP contribution in [0.15, 0.2) is 45.9 Å². The second kappa shape index (κ2) is 5.59. The zero-order chi connectivity index (χ0) is 14.9. The lowest BCUT2D eigenvalue weighted by atomic mass is 10.2. The molecule has 0 bridgehead atoms. The van der Waals surface area contributed by atoms with Gasteiger partial charge in [0.2, 0.25) is 10.0 Å². The first-order valence-electron chi connectivity index (χ1n) is 6.83. The first-order valence-corrected chi connectivity index (χ1v) is 8.27. The number of benzene rings is 1. The molecule has 0 aliphatic carbocycles. The van der Waals surface area contributed by atoms with Crippen LogP contribution in [0.25, 0.3) is 11.3 Å². The molecule has 0 saturated carbocycles. The SMILES string of the molecule is C[C@@H]1CNCCN1S(=O)(=O)c1ccccc1-c1ccno1. The van der Waals surface area contributed by atoms with E-state index < -0.39 is 10.0 Å². The van der Waals surface area contributed by atoms with Crippen LogP contribution >= 0.6 is 0 Å². The number of nitrogens with one attached hydrogen (secondary N) is 1. The summed E-state index contributed by atoms with van der Waals surface area (Å²) in [5, 5.41) is 6.85. The van der Waals surface area contributed by atoms with E-state index in [1.165, 1.54) is 6.20 Å². The van der Waals surface area contributed by atoms with Gasteiger partial charge in [-0.3, -0.25) is 0 Å². The highest BCUT2D eigenvalue weighted by Gasteiger charge is 2.33. The second-order valence-corrected chi connectivity index (χ2v) is 6.90. The Bertz CT molecular complexity index is 713. The average molecular weight is 307 g/mol. The van der Waals surface area contributed by atoms with Crippen molar-refractivity contribution in [2.75, 3.05) is 19.6 Å². The van der Waals surface area contributed by atoms with E-state index in [9.17, 15) is 8.42 Å². The third kappa shape index (κ3) is 2.59. The molecule has 2 aromatic rings. The zero-order valence-corrected chi connectivity index (χ0v) is 12.5. The zero-order valence-electron chi connectivity index (χ0n) is 11.7. The highest BCUT2D eigenvalue weighted by atomic mass is 32.2. The highest BCUT2D eigenvalue weighted by Crippen LogP contribution is 2.30. The molecular formula is C14H17N3O3S. The van der Waals surface area contributed by atoms with Crippen LogP contribution in [0.1, 0.15) is 6.92 Å². The number of hydrogen-bond acceptors (Lipinski definition) is 5. The highest BCUT2D eigenvalue weighted by molar-refractivity contribution is 7.89. The lowest BCUT2D eigenvalue weighted by Gasteiger charge is -2.33. The Morgan fingerprint density at radius 3 is 2.86 bits per heavy atom. The van der Waals surface area contributed by atoms with E-state index in [1.54, 1.807) is 34.6 Å². The van der Waals surface area contributed by atoms with Crippen LogP contribution in [0.2, 0.25) is 0 Å². The van der Waals surface area contributed by atoms with Crippen LogP contribution in [-0.2, 0) is 10.0 Å². The Morgan fingerprint density at radius 1 is 1.33 bits per heavy atom. The third-order valence-electron chi connectivity index (χ3n) is 3.62. The van der Waals surface area contributed by atoms with E-state index >= 15 is 0 Å². The molecule has 1 saturated heterocycles. The molecule has 6 nitrogen and oxygen atoms in total. The molecule has 0 radical (unpaired) electrons. The smallest absolute Gasteiger partial charge is 0.244 e. The molecule has 1 N–H and O–H groups in total. The van der Waals surface area contributed by atoms with E-state index in [2.05, 4.69) is 10.5 Å². The normalized spacial score (nSPS) is 20.5. The van der Waals surface area contributed by atoms with E-state index in [-0.39, 0.29) is 10.9 Å². The summed E-state index contributed by atoms with van der Waals surface area (Å²) in [6.45, 7) is 3.69. The van der Waals surface area contributed by atoms with Crippen molar-refractivity contribution >= 4 is 10.0 Å². The maximum absolute atomic E-state index is 12.9. The molecular weight excluding hydrogens is 290 g/mol. The average Bonchev–Trinajstić information content (AvgIpc) is 3.01. The van der Waals surface area contributed by atoms with Gasteiger partial charge in [0, 0.05) is 37.3 Å². The summed E-state index contributed by atoms with van der Waals surface area (Å²) in [4.78, 5) is 0.260. The van der Waals surface area contributed by atoms with Gasteiger partial charge in [0.1, 0.15) is 0 Å². The van der Waals surface area contributed by atoms with E-state index in [4.69, 9.17) is 4.52 Å². The summed E-state index contributed by atoms with van der Waals surface area (Å²) in [6, 6.07) is 8.45. The van der Waals surface area contributed by atoms with Gasteiger partial charge in [-0.1, -0.05) is 17.3 Å². The van der Waals surface area contributed by atoms with E-state index in [1.807, 2.05) is 6.92 Å².